The van der Waals surface area contributed by atoms with Gasteiger partial charge in [0.2, 0.25) is 23.5 Å². The fourth-order valence-electron chi connectivity index (χ4n) is 4.34. The molecule has 0 radical (unpaired) electrons. The van der Waals surface area contributed by atoms with Crippen molar-refractivity contribution < 1.29 is 22.9 Å². The standard InChI is InChI=1S/C25H17FN6O5/c26-21-14(22-27-9-2-10-28-22)3-1-4-15(21)23-30-20(37-31-23)12-13-5-7-18-17(11-13)32(25(35)36-18)16-6-8-19(33)29-24(16)34/h1-5,7,9-11,16H,6,8,12H2,(H,29,33,34). The fourth-order valence-corrected chi connectivity index (χ4v) is 4.34. The third-order valence-electron chi connectivity index (χ3n) is 6.07. The summed E-state index contributed by atoms with van der Waals surface area (Å²) in [6, 6.07) is 10.5. The van der Waals surface area contributed by atoms with E-state index in [2.05, 4.69) is 25.4 Å². The topological polar surface area (TPSA) is 146 Å². The van der Waals surface area contributed by atoms with E-state index in [0.717, 1.165) is 0 Å². The van der Waals surface area contributed by atoms with Crippen molar-refractivity contribution in [1.29, 1.82) is 0 Å². The maximum Gasteiger partial charge on any atom is 0.420 e. The molecule has 0 saturated carbocycles. The molecular weight excluding hydrogens is 483 g/mol. The number of amides is 2. The zero-order valence-corrected chi connectivity index (χ0v) is 19.1. The molecule has 1 atom stereocenters. The van der Waals surface area contributed by atoms with Crippen LogP contribution in [0.5, 0.6) is 0 Å². The molecular formula is C25H17FN6O5. The van der Waals surface area contributed by atoms with Crippen LogP contribution in [0.15, 0.2) is 68.6 Å². The van der Waals surface area contributed by atoms with E-state index in [1.165, 1.54) is 23.0 Å². The van der Waals surface area contributed by atoms with E-state index < -0.39 is 23.5 Å². The third-order valence-corrected chi connectivity index (χ3v) is 6.07. The lowest BCUT2D eigenvalue weighted by atomic mass is 10.1. The molecule has 1 saturated heterocycles. The van der Waals surface area contributed by atoms with Crippen molar-refractivity contribution in [3.8, 4) is 22.8 Å². The van der Waals surface area contributed by atoms with E-state index in [-0.39, 0.29) is 53.8 Å². The Hall–Kier alpha value is -5.00. The van der Waals surface area contributed by atoms with Crippen molar-refractivity contribution in [2.45, 2.75) is 25.3 Å². The molecule has 3 aromatic heterocycles. The first-order valence-electron chi connectivity index (χ1n) is 11.3. The molecule has 12 heteroatoms. The van der Waals surface area contributed by atoms with E-state index >= 15 is 4.39 Å². The second kappa shape index (κ2) is 8.90. The second-order valence-corrected chi connectivity index (χ2v) is 8.43. The smallest absolute Gasteiger partial charge is 0.408 e. The average molecular weight is 500 g/mol. The molecule has 11 nitrogen and oxygen atoms in total. The molecule has 1 aliphatic rings. The van der Waals surface area contributed by atoms with Crippen LogP contribution in [0.2, 0.25) is 0 Å². The Morgan fingerprint density at radius 2 is 1.81 bits per heavy atom. The van der Waals surface area contributed by atoms with Crippen LogP contribution in [-0.4, -0.2) is 36.5 Å². The molecule has 1 aliphatic heterocycles. The van der Waals surface area contributed by atoms with Crippen molar-refractivity contribution in [3.05, 3.63) is 82.7 Å². The molecule has 184 valence electrons. The van der Waals surface area contributed by atoms with E-state index in [1.807, 2.05) is 0 Å². The number of piperidine rings is 1. The first kappa shape index (κ1) is 22.5. The van der Waals surface area contributed by atoms with Crippen molar-refractivity contribution in [3.63, 3.8) is 0 Å². The van der Waals surface area contributed by atoms with Crippen LogP contribution >= 0.6 is 0 Å². The second-order valence-electron chi connectivity index (χ2n) is 8.43. The molecule has 0 bridgehead atoms. The van der Waals surface area contributed by atoms with Gasteiger partial charge in [-0.2, -0.15) is 4.98 Å². The van der Waals surface area contributed by atoms with E-state index in [9.17, 15) is 14.4 Å². The quantitative estimate of drug-likeness (QED) is 0.360. The SMILES string of the molecule is O=C1CCC(n2c(=O)oc3ccc(Cc4nc(-c5cccc(-c6ncccn6)c5F)no4)cc32)C(=O)N1. The monoisotopic (exact) mass is 500 g/mol. The van der Waals surface area contributed by atoms with Gasteiger partial charge in [0.15, 0.2) is 11.4 Å². The predicted molar refractivity (Wildman–Crippen MR) is 125 cm³/mol. The van der Waals surface area contributed by atoms with E-state index in [0.29, 0.717) is 16.7 Å². The van der Waals surface area contributed by atoms with Crippen LogP contribution in [0.3, 0.4) is 0 Å². The Morgan fingerprint density at radius 1 is 1.03 bits per heavy atom. The van der Waals surface area contributed by atoms with Gasteiger partial charge in [-0.1, -0.05) is 17.3 Å². The Bertz CT molecular complexity index is 1720. The summed E-state index contributed by atoms with van der Waals surface area (Å²) in [6.07, 6.45) is 3.54. The van der Waals surface area contributed by atoms with Crippen LogP contribution in [0.4, 0.5) is 4.39 Å². The number of benzene rings is 2. The molecule has 4 heterocycles. The summed E-state index contributed by atoms with van der Waals surface area (Å²) in [4.78, 5) is 48.9. The maximum atomic E-state index is 15.2. The number of rotatable bonds is 5. The lowest BCUT2D eigenvalue weighted by molar-refractivity contribution is -0.135. The number of nitrogens with one attached hydrogen (secondary N) is 1. The van der Waals surface area contributed by atoms with E-state index in [4.69, 9.17) is 8.94 Å². The number of imide groups is 1. The van der Waals surface area contributed by atoms with Crippen LogP contribution in [0.25, 0.3) is 33.9 Å². The van der Waals surface area contributed by atoms with E-state index in [1.54, 1.807) is 36.4 Å². The molecule has 0 aliphatic carbocycles. The largest absolute Gasteiger partial charge is 0.420 e. The highest BCUT2D eigenvalue weighted by molar-refractivity contribution is 6.00. The van der Waals surface area contributed by atoms with Gasteiger partial charge in [0.1, 0.15) is 11.9 Å². The summed E-state index contributed by atoms with van der Waals surface area (Å²) in [7, 11) is 0. The van der Waals surface area contributed by atoms with Crippen LogP contribution in [-0.2, 0) is 16.0 Å². The highest BCUT2D eigenvalue weighted by Crippen LogP contribution is 2.28. The Kier molecular flexibility index (Phi) is 5.40. The van der Waals surface area contributed by atoms with Gasteiger partial charge in [0, 0.05) is 18.8 Å². The number of halogens is 1. The molecule has 2 aromatic carbocycles. The Labute approximate surface area is 207 Å². The molecule has 1 N–H and O–H groups in total. The van der Waals surface area contributed by atoms with Gasteiger partial charge in [-0.15, -0.1) is 0 Å². The van der Waals surface area contributed by atoms with Crippen LogP contribution in [0.1, 0.15) is 30.3 Å². The molecule has 1 fully saturated rings. The number of fused-ring (bicyclic) bond motifs is 1. The maximum absolute atomic E-state index is 15.2. The van der Waals surface area contributed by atoms with Crippen molar-refractivity contribution in [2.75, 3.05) is 0 Å². The predicted octanol–water partition coefficient (Wildman–Crippen LogP) is 2.81. The summed E-state index contributed by atoms with van der Waals surface area (Å²) in [5, 5.41) is 6.18. The van der Waals surface area contributed by atoms with Crippen LogP contribution in [0, 0.1) is 5.82 Å². The summed E-state index contributed by atoms with van der Waals surface area (Å²) in [6.45, 7) is 0. The Morgan fingerprint density at radius 3 is 2.59 bits per heavy atom. The minimum absolute atomic E-state index is 0.0649. The minimum atomic E-state index is -0.861. The average Bonchev–Trinajstić information content (AvgIpc) is 3.48. The normalized spacial score (nSPS) is 15.8. The third kappa shape index (κ3) is 4.07. The molecule has 0 spiro atoms. The molecule has 6 rings (SSSR count). The summed E-state index contributed by atoms with van der Waals surface area (Å²) in [5.74, 6) is -1.69. The zero-order valence-electron chi connectivity index (χ0n) is 19.1. The Balaban J connectivity index is 1.30. The number of nitrogens with zero attached hydrogens (tertiary/aromatic N) is 5. The summed E-state index contributed by atoms with van der Waals surface area (Å²) in [5.41, 5.74) is 1.74. The number of hydrogen-bond donors (Lipinski definition) is 1. The molecule has 37 heavy (non-hydrogen) atoms. The van der Waals surface area contributed by atoms with Gasteiger partial charge < -0.3 is 8.94 Å². The first-order chi connectivity index (χ1) is 18.0. The van der Waals surface area contributed by atoms with Gasteiger partial charge >= 0.3 is 5.76 Å². The highest BCUT2D eigenvalue weighted by atomic mass is 19.1. The van der Waals surface area contributed by atoms with Gasteiger partial charge in [0.05, 0.1) is 23.1 Å². The number of aromatic nitrogens is 5. The summed E-state index contributed by atoms with van der Waals surface area (Å²) >= 11 is 0. The number of carbonyl (C=O) groups excluding carboxylic acids is 2. The van der Waals surface area contributed by atoms with Gasteiger partial charge in [-0.05, 0) is 42.3 Å². The minimum Gasteiger partial charge on any atom is -0.408 e. The molecule has 5 aromatic rings. The number of oxazole rings is 1. The van der Waals surface area contributed by atoms with Crippen molar-refractivity contribution in [2.24, 2.45) is 0 Å². The first-order valence-corrected chi connectivity index (χ1v) is 11.3. The fraction of sp³-hybridized carbons (Fsp3) is 0.160. The lowest BCUT2D eigenvalue weighted by Gasteiger charge is -2.21. The van der Waals surface area contributed by atoms with Crippen LogP contribution < -0.4 is 11.1 Å². The number of carbonyl (C=O) groups is 2. The van der Waals surface area contributed by atoms with Crippen molar-refractivity contribution in [1.82, 2.24) is 30.0 Å². The van der Waals surface area contributed by atoms with Gasteiger partial charge in [0.25, 0.3) is 0 Å². The molecule has 2 amide bonds. The van der Waals surface area contributed by atoms with Gasteiger partial charge in [-0.3, -0.25) is 19.5 Å². The molecule has 1 unspecified atom stereocenters. The lowest BCUT2D eigenvalue weighted by Crippen LogP contribution is -2.43. The zero-order chi connectivity index (χ0) is 25.5. The van der Waals surface area contributed by atoms with Gasteiger partial charge in [-0.25, -0.2) is 19.2 Å². The summed E-state index contributed by atoms with van der Waals surface area (Å²) < 4.78 is 27.1. The van der Waals surface area contributed by atoms with Crippen molar-refractivity contribution >= 4 is 22.9 Å². The highest BCUT2D eigenvalue weighted by Gasteiger charge is 2.31. The number of hydrogen-bond acceptors (Lipinski definition) is 9.